The number of hydrogen-bond donors (Lipinski definition) is 1. The molecule has 0 atom stereocenters. The Balaban J connectivity index is 3.02. The largest absolute Gasteiger partial charge is 0.406 e. The summed E-state index contributed by atoms with van der Waals surface area (Å²) in [4.78, 5) is 12.5. The number of carbonyl (C=O) groups is 1. The van der Waals surface area contributed by atoms with Crippen LogP contribution in [-0.4, -0.2) is 41.8 Å². The zero-order chi connectivity index (χ0) is 14.6. The Morgan fingerprint density at radius 2 is 2.05 bits per heavy atom. The first-order valence-electron chi connectivity index (χ1n) is 5.16. The molecule has 1 N–H and O–H groups in total. The molecule has 8 heteroatoms. The molecule has 1 aromatic rings. The molecule has 1 rings (SSSR count). The molecule has 106 valence electrons. The van der Waals surface area contributed by atoms with Crippen molar-refractivity contribution < 1.29 is 23.1 Å². The molecule has 1 aromatic carbocycles. The highest BCUT2D eigenvalue weighted by Crippen LogP contribution is 2.24. The van der Waals surface area contributed by atoms with Crippen molar-refractivity contribution in [2.75, 3.05) is 19.7 Å². The van der Waals surface area contributed by atoms with Gasteiger partial charge >= 0.3 is 6.18 Å². The van der Waals surface area contributed by atoms with Gasteiger partial charge in [-0.1, -0.05) is 11.6 Å². The lowest BCUT2D eigenvalue weighted by Gasteiger charge is -2.23. The van der Waals surface area contributed by atoms with Crippen molar-refractivity contribution >= 4 is 33.4 Å². The van der Waals surface area contributed by atoms with E-state index in [1.807, 2.05) is 0 Å². The molecule has 0 aliphatic carbocycles. The minimum atomic E-state index is -4.53. The number of hydrogen-bond acceptors (Lipinski definition) is 2. The predicted octanol–water partition coefficient (Wildman–Crippen LogP) is 3.10. The molecule has 0 unspecified atom stereocenters. The summed E-state index contributed by atoms with van der Waals surface area (Å²) in [5.74, 6) is -0.847. The summed E-state index contributed by atoms with van der Waals surface area (Å²) in [5.41, 5.74) is 0.0187. The molecule has 0 radical (unpaired) electrons. The van der Waals surface area contributed by atoms with Crippen LogP contribution in [0.4, 0.5) is 13.2 Å². The van der Waals surface area contributed by atoms with Gasteiger partial charge in [-0.2, -0.15) is 13.2 Å². The average molecular weight is 361 g/mol. The van der Waals surface area contributed by atoms with Crippen LogP contribution in [0.2, 0.25) is 5.02 Å². The third-order valence-electron chi connectivity index (χ3n) is 2.19. The van der Waals surface area contributed by atoms with Crippen LogP contribution in [-0.2, 0) is 0 Å². The van der Waals surface area contributed by atoms with E-state index < -0.39 is 31.8 Å². The Kier molecular flexibility index (Phi) is 5.64. The Labute approximate surface area is 121 Å². The van der Waals surface area contributed by atoms with E-state index in [9.17, 15) is 18.0 Å². The van der Waals surface area contributed by atoms with E-state index in [2.05, 4.69) is 15.9 Å². The molecule has 0 aromatic heterocycles. The Morgan fingerprint density at radius 3 is 2.58 bits per heavy atom. The van der Waals surface area contributed by atoms with Gasteiger partial charge in [0.25, 0.3) is 5.91 Å². The topological polar surface area (TPSA) is 40.5 Å². The molecule has 0 bridgehead atoms. The molecular formula is C11H10BrClF3NO2. The molecule has 19 heavy (non-hydrogen) atoms. The van der Waals surface area contributed by atoms with E-state index in [0.29, 0.717) is 9.37 Å². The van der Waals surface area contributed by atoms with Crippen molar-refractivity contribution in [1.29, 1.82) is 0 Å². The van der Waals surface area contributed by atoms with Crippen LogP contribution in [0, 0.1) is 0 Å². The van der Waals surface area contributed by atoms with E-state index in [1.165, 1.54) is 18.2 Å². The highest BCUT2D eigenvalue weighted by Gasteiger charge is 2.33. The van der Waals surface area contributed by atoms with E-state index in [0.717, 1.165) is 0 Å². The molecule has 0 saturated heterocycles. The average Bonchev–Trinajstić information content (AvgIpc) is 2.29. The van der Waals surface area contributed by atoms with Crippen LogP contribution in [0.15, 0.2) is 22.7 Å². The second-order valence-corrected chi connectivity index (χ2v) is 4.98. The Hall–Kier alpha value is -0.790. The molecule has 1 amide bonds. The third-order valence-corrected chi connectivity index (χ3v) is 3.11. The van der Waals surface area contributed by atoms with Gasteiger partial charge in [-0.3, -0.25) is 4.79 Å². The maximum atomic E-state index is 12.4. The lowest BCUT2D eigenvalue weighted by molar-refractivity contribution is -0.141. The monoisotopic (exact) mass is 359 g/mol. The second kappa shape index (κ2) is 6.58. The van der Waals surface area contributed by atoms with Crippen LogP contribution in [0.25, 0.3) is 0 Å². The van der Waals surface area contributed by atoms with Crippen LogP contribution >= 0.6 is 27.5 Å². The number of carbonyl (C=O) groups excluding carboxylic acids is 1. The molecule has 0 fully saturated rings. The number of benzene rings is 1. The van der Waals surface area contributed by atoms with Gasteiger partial charge < -0.3 is 10.0 Å². The fourth-order valence-corrected chi connectivity index (χ4v) is 2.01. The first kappa shape index (κ1) is 16.3. The van der Waals surface area contributed by atoms with Gasteiger partial charge in [0.05, 0.1) is 12.2 Å². The van der Waals surface area contributed by atoms with Gasteiger partial charge in [-0.05, 0) is 34.1 Å². The maximum Gasteiger partial charge on any atom is 0.406 e. The molecule has 0 heterocycles. The van der Waals surface area contributed by atoms with Crippen molar-refractivity contribution in [3.05, 3.63) is 33.3 Å². The normalized spacial score (nSPS) is 11.5. The van der Waals surface area contributed by atoms with Gasteiger partial charge in [0, 0.05) is 16.0 Å². The number of aliphatic hydroxyl groups excluding tert-OH is 1. The number of nitrogens with zero attached hydrogens (tertiary/aromatic N) is 1. The minimum Gasteiger partial charge on any atom is -0.395 e. The zero-order valence-electron chi connectivity index (χ0n) is 9.55. The summed E-state index contributed by atoms with van der Waals surface area (Å²) in [5, 5.41) is 8.99. The SMILES string of the molecule is O=C(c1cc(Cl)ccc1Br)N(CCO)CC(F)(F)F. The first-order chi connectivity index (χ1) is 8.74. The number of aliphatic hydroxyl groups is 1. The summed E-state index contributed by atoms with van der Waals surface area (Å²) >= 11 is 8.79. The van der Waals surface area contributed by atoms with Crippen LogP contribution < -0.4 is 0 Å². The summed E-state index contributed by atoms with van der Waals surface area (Å²) in [6, 6.07) is 4.25. The van der Waals surface area contributed by atoms with Crippen LogP contribution in [0.1, 0.15) is 10.4 Å². The van der Waals surface area contributed by atoms with Gasteiger partial charge in [-0.15, -0.1) is 0 Å². The highest BCUT2D eigenvalue weighted by molar-refractivity contribution is 9.10. The van der Waals surface area contributed by atoms with E-state index >= 15 is 0 Å². The molecule has 0 spiro atoms. The van der Waals surface area contributed by atoms with Crippen molar-refractivity contribution in [2.24, 2.45) is 0 Å². The summed E-state index contributed by atoms with van der Waals surface area (Å²) in [6.45, 7) is -2.39. The van der Waals surface area contributed by atoms with Crippen LogP contribution in [0.3, 0.4) is 0 Å². The lowest BCUT2D eigenvalue weighted by atomic mass is 10.2. The molecule has 0 aliphatic rings. The second-order valence-electron chi connectivity index (χ2n) is 3.69. The summed E-state index contributed by atoms with van der Waals surface area (Å²) in [6.07, 6.45) is -4.53. The maximum absolute atomic E-state index is 12.4. The fraction of sp³-hybridized carbons (Fsp3) is 0.364. The van der Waals surface area contributed by atoms with Gasteiger partial charge in [0.15, 0.2) is 0 Å². The van der Waals surface area contributed by atoms with Gasteiger partial charge in [-0.25, -0.2) is 0 Å². The summed E-state index contributed by atoms with van der Waals surface area (Å²) in [7, 11) is 0. The molecule has 0 saturated carbocycles. The van der Waals surface area contributed by atoms with Crippen molar-refractivity contribution in [1.82, 2.24) is 4.90 Å². The smallest absolute Gasteiger partial charge is 0.395 e. The lowest BCUT2D eigenvalue weighted by Crippen LogP contribution is -2.40. The van der Waals surface area contributed by atoms with E-state index in [1.54, 1.807) is 0 Å². The van der Waals surface area contributed by atoms with Gasteiger partial charge in [0.1, 0.15) is 6.54 Å². The Bertz CT molecular complexity index is 468. The zero-order valence-corrected chi connectivity index (χ0v) is 11.9. The first-order valence-corrected chi connectivity index (χ1v) is 6.33. The number of halogens is 5. The van der Waals surface area contributed by atoms with Crippen molar-refractivity contribution in [3.8, 4) is 0 Å². The molecule has 0 aliphatic heterocycles. The van der Waals surface area contributed by atoms with Gasteiger partial charge in [0.2, 0.25) is 0 Å². The van der Waals surface area contributed by atoms with Crippen molar-refractivity contribution in [2.45, 2.75) is 6.18 Å². The fourth-order valence-electron chi connectivity index (χ4n) is 1.42. The Morgan fingerprint density at radius 1 is 1.42 bits per heavy atom. The molecule has 3 nitrogen and oxygen atoms in total. The standard InChI is InChI=1S/C11H10BrClF3NO2/c12-9-2-1-7(13)5-8(9)10(19)17(3-4-18)6-11(14,15)16/h1-2,5,18H,3-4,6H2. The van der Waals surface area contributed by atoms with Crippen LogP contribution in [0.5, 0.6) is 0 Å². The third kappa shape index (κ3) is 5.00. The predicted molar refractivity (Wildman–Crippen MR) is 68.2 cm³/mol. The van der Waals surface area contributed by atoms with E-state index in [4.69, 9.17) is 16.7 Å². The van der Waals surface area contributed by atoms with E-state index in [-0.39, 0.29) is 10.6 Å². The quantitative estimate of drug-likeness (QED) is 0.896. The summed E-state index contributed by atoms with van der Waals surface area (Å²) < 4.78 is 37.5. The minimum absolute atomic E-state index is 0.0187. The highest BCUT2D eigenvalue weighted by atomic mass is 79.9. The molecular weight excluding hydrogens is 350 g/mol. The van der Waals surface area contributed by atoms with Crippen molar-refractivity contribution in [3.63, 3.8) is 0 Å². The number of amides is 1. The number of rotatable bonds is 4. The number of alkyl halides is 3.